The average molecular weight is 1050 g/mol. The minimum atomic E-state index is -1.32. The van der Waals surface area contributed by atoms with Crippen LogP contribution in [0.4, 0.5) is 0 Å². The number of hydrogen-bond acceptors (Lipinski definition) is 10. The summed E-state index contributed by atoms with van der Waals surface area (Å²) in [5, 5.41) is 14.0. The number of esters is 2. The second-order valence-corrected chi connectivity index (χ2v) is 34.3. The van der Waals surface area contributed by atoms with Crippen LogP contribution in [0.2, 0.25) is 43.9 Å². The number of ether oxygens (including phenoxy) is 2. The number of benzene rings is 1. The van der Waals surface area contributed by atoms with Gasteiger partial charge in [-0.1, -0.05) is 204 Å². The SMILES string of the molecule is CCCCCCCCCCCCCCCCCCOC(=O)CCNCCC[Si](C)(C)C[Si](C)(C)CCCNCCC(=O)OCCCCCCNC1=CC=C(NCCCCCC)C2C(=O)c3ccccc3C(=O)C12. The third-order valence-electron chi connectivity index (χ3n) is 15.1. The summed E-state index contributed by atoms with van der Waals surface area (Å²) in [5.74, 6) is -1.23. The first-order valence-corrected chi connectivity index (χ1v) is 37.0. The van der Waals surface area contributed by atoms with Gasteiger partial charge in [0, 0.05) is 64.8 Å². The van der Waals surface area contributed by atoms with Crippen molar-refractivity contribution in [1.82, 2.24) is 21.3 Å². The Bertz CT molecular complexity index is 1750. The summed E-state index contributed by atoms with van der Waals surface area (Å²) in [4.78, 5) is 52.2. The minimum absolute atomic E-state index is 0.0103. The van der Waals surface area contributed by atoms with E-state index in [0.29, 0.717) is 50.3 Å². The third kappa shape index (κ3) is 28.6. The molecule has 2 aliphatic rings. The lowest BCUT2D eigenvalue weighted by Gasteiger charge is -2.36. The molecule has 2 atom stereocenters. The molecule has 416 valence electrons. The Morgan fingerprint density at radius 2 is 0.795 bits per heavy atom. The predicted octanol–water partition coefficient (Wildman–Crippen LogP) is 14.4. The predicted molar refractivity (Wildman–Crippen MR) is 312 cm³/mol. The van der Waals surface area contributed by atoms with E-state index in [1.807, 2.05) is 24.3 Å². The van der Waals surface area contributed by atoms with Crippen molar-refractivity contribution < 1.29 is 28.7 Å². The highest BCUT2D eigenvalue weighted by atomic mass is 28.4. The average Bonchev–Trinajstić information content (AvgIpc) is 3.36. The Morgan fingerprint density at radius 3 is 1.18 bits per heavy atom. The van der Waals surface area contributed by atoms with Gasteiger partial charge in [-0.05, 0) is 70.2 Å². The number of Topliss-reactive ketones (excluding diaryl/α,β-unsaturated/α-hetero) is 2. The van der Waals surface area contributed by atoms with Gasteiger partial charge >= 0.3 is 11.9 Å². The van der Waals surface area contributed by atoms with Crippen molar-refractivity contribution in [3.63, 3.8) is 0 Å². The molecule has 0 radical (unpaired) electrons. The van der Waals surface area contributed by atoms with Gasteiger partial charge in [-0.15, -0.1) is 0 Å². The molecule has 0 aliphatic heterocycles. The third-order valence-corrected chi connectivity index (χ3v) is 26.2. The van der Waals surface area contributed by atoms with Gasteiger partial charge in [0.2, 0.25) is 0 Å². The Hall–Kier alpha value is -3.07. The summed E-state index contributed by atoms with van der Waals surface area (Å²) in [5.41, 5.74) is 4.16. The molecule has 0 aromatic heterocycles. The van der Waals surface area contributed by atoms with Crippen LogP contribution in [-0.4, -0.2) is 92.1 Å². The van der Waals surface area contributed by atoms with Gasteiger partial charge in [0.15, 0.2) is 11.6 Å². The molecule has 0 bridgehead atoms. The highest BCUT2D eigenvalue weighted by Gasteiger charge is 2.46. The number of ketones is 2. The van der Waals surface area contributed by atoms with Crippen LogP contribution < -0.4 is 21.3 Å². The fraction of sp³-hybridized carbons (Fsp3) is 0.770. The molecule has 2 unspecified atom stereocenters. The number of nitrogens with one attached hydrogen (secondary N) is 4. The van der Waals surface area contributed by atoms with E-state index in [9.17, 15) is 19.2 Å². The molecular formula is C61H108N4O6Si2. The zero-order chi connectivity index (χ0) is 52.8. The van der Waals surface area contributed by atoms with Crippen LogP contribution in [0.1, 0.15) is 214 Å². The first-order chi connectivity index (χ1) is 35.4. The van der Waals surface area contributed by atoms with Gasteiger partial charge in [0.1, 0.15) is 0 Å². The van der Waals surface area contributed by atoms with E-state index in [-0.39, 0.29) is 23.5 Å². The van der Waals surface area contributed by atoms with Crippen LogP contribution in [0.15, 0.2) is 47.8 Å². The molecule has 4 N–H and O–H groups in total. The quantitative estimate of drug-likeness (QED) is 0.0284. The Morgan fingerprint density at radius 1 is 0.452 bits per heavy atom. The molecule has 1 aromatic carbocycles. The van der Waals surface area contributed by atoms with Crippen molar-refractivity contribution in [2.75, 3.05) is 52.5 Å². The molecule has 0 spiro atoms. The van der Waals surface area contributed by atoms with Crippen LogP contribution >= 0.6 is 0 Å². The topological polar surface area (TPSA) is 135 Å². The maximum Gasteiger partial charge on any atom is 0.307 e. The molecule has 1 aromatic rings. The molecule has 3 rings (SSSR count). The van der Waals surface area contributed by atoms with Crippen molar-refractivity contribution in [3.8, 4) is 0 Å². The first kappa shape index (κ1) is 64.2. The van der Waals surface area contributed by atoms with E-state index >= 15 is 0 Å². The van der Waals surface area contributed by atoms with Crippen molar-refractivity contribution in [2.45, 2.75) is 238 Å². The van der Waals surface area contributed by atoms with Gasteiger partial charge in [-0.3, -0.25) is 19.2 Å². The lowest BCUT2D eigenvalue weighted by molar-refractivity contribution is -0.144. The van der Waals surface area contributed by atoms with Crippen molar-refractivity contribution in [1.29, 1.82) is 0 Å². The van der Waals surface area contributed by atoms with Gasteiger partial charge in [0.25, 0.3) is 0 Å². The van der Waals surface area contributed by atoms with E-state index in [1.54, 1.807) is 12.1 Å². The number of unbranched alkanes of at least 4 members (excludes halogenated alkanes) is 21. The molecule has 12 heteroatoms. The summed E-state index contributed by atoms with van der Waals surface area (Å²) in [7, 11) is -2.62. The number of allylic oxidation sites excluding steroid dienone is 4. The van der Waals surface area contributed by atoms with Gasteiger partial charge < -0.3 is 30.7 Å². The number of carbonyl (C=O) groups excluding carboxylic acids is 4. The van der Waals surface area contributed by atoms with Crippen LogP contribution in [-0.2, 0) is 19.1 Å². The number of hydrogen-bond donors (Lipinski definition) is 4. The Labute approximate surface area is 448 Å². The maximum absolute atomic E-state index is 13.8. The van der Waals surface area contributed by atoms with Gasteiger partial charge in [-0.2, -0.15) is 0 Å². The number of carbonyl (C=O) groups is 4. The van der Waals surface area contributed by atoms with Crippen LogP contribution in [0.3, 0.4) is 0 Å². The standard InChI is InChI=1S/C61H108N4O6Si2/c1-7-9-11-13-14-15-16-17-18-19-20-21-22-23-25-31-47-70-56(66)39-45-62-41-33-49-72(3,4)51-73(5,6)50-34-42-63-46-40-57(67)71-48-32-26-24-30-44-65-55-38-37-54(64-43-29-12-10-8-2)58-59(55)61(69)53-36-28-27-35-52(53)60(58)68/h27-28,35-38,58-59,62-65H,7-26,29-34,39-51H2,1-6H3. The highest BCUT2D eigenvalue weighted by Crippen LogP contribution is 2.39. The molecule has 2 aliphatic carbocycles. The largest absolute Gasteiger partial charge is 0.466 e. The maximum atomic E-state index is 13.8. The monoisotopic (exact) mass is 1050 g/mol. The zero-order valence-electron chi connectivity index (χ0n) is 47.6. The van der Waals surface area contributed by atoms with Gasteiger partial charge in [-0.25, -0.2) is 0 Å². The molecule has 0 heterocycles. The fourth-order valence-corrected chi connectivity index (χ4v) is 25.2. The second kappa shape index (κ2) is 39.3. The molecule has 10 nitrogen and oxygen atoms in total. The second-order valence-electron chi connectivity index (χ2n) is 23.3. The van der Waals surface area contributed by atoms with E-state index < -0.39 is 28.0 Å². The first-order valence-electron chi connectivity index (χ1n) is 30.2. The normalized spacial score (nSPS) is 15.6. The molecule has 0 amide bonds. The summed E-state index contributed by atoms with van der Waals surface area (Å²) in [6.45, 7) is 20.5. The Balaban J connectivity index is 1.12. The van der Waals surface area contributed by atoms with Crippen molar-refractivity contribution >= 4 is 39.7 Å². The zero-order valence-corrected chi connectivity index (χ0v) is 49.6. The minimum Gasteiger partial charge on any atom is -0.466 e. The van der Waals surface area contributed by atoms with Gasteiger partial charge in [0.05, 0.1) is 37.9 Å². The van der Waals surface area contributed by atoms with Crippen LogP contribution in [0.25, 0.3) is 0 Å². The molecule has 0 fully saturated rings. The molecule has 0 saturated heterocycles. The Kier molecular flexibility index (Phi) is 34.6. The van der Waals surface area contributed by atoms with E-state index in [1.165, 1.54) is 127 Å². The fourth-order valence-electron chi connectivity index (χ4n) is 11.2. The van der Waals surface area contributed by atoms with Crippen LogP contribution in [0.5, 0.6) is 0 Å². The van der Waals surface area contributed by atoms with Crippen LogP contribution in [0, 0.1) is 11.8 Å². The van der Waals surface area contributed by atoms with E-state index in [0.717, 1.165) is 95.4 Å². The smallest absolute Gasteiger partial charge is 0.307 e. The molecule has 0 saturated carbocycles. The highest BCUT2D eigenvalue weighted by molar-refractivity contribution is 6.95. The molecule has 73 heavy (non-hydrogen) atoms. The van der Waals surface area contributed by atoms with E-state index in [4.69, 9.17) is 9.47 Å². The summed E-state index contributed by atoms with van der Waals surface area (Å²) in [6, 6.07) is 9.86. The molecular weight excluding hydrogens is 941 g/mol. The lowest BCUT2D eigenvalue weighted by Crippen LogP contribution is -2.45. The number of rotatable bonds is 47. The number of fused-ring (bicyclic) bond motifs is 2. The lowest BCUT2D eigenvalue weighted by atomic mass is 9.69. The van der Waals surface area contributed by atoms with Crippen molar-refractivity contribution in [3.05, 3.63) is 58.9 Å². The summed E-state index contributed by atoms with van der Waals surface area (Å²) < 4.78 is 11.0. The van der Waals surface area contributed by atoms with E-state index in [2.05, 4.69) is 61.3 Å². The van der Waals surface area contributed by atoms with Crippen molar-refractivity contribution in [2.24, 2.45) is 11.8 Å². The summed E-state index contributed by atoms with van der Waals surface area (Å²) in [6.07, 6.45) is 37.0. The summed E-state index contributed by atoms with van der Waals surface area (Å²) >= 11 is 0.